The van der Waals surface area contributed by atoms with Gasteiger partial charge in [0, 0.05) is 30.9 Å². The van der Waals surface area contributed by atoms with E-state index in [0.717, 1.165) is 17.7 Å². The molecule has 1 aliphatic heterocycles. The highest BCUT2D eigenvalue weighted by molar-refractivity contribution is 5.87. The Labute approximate surface area is 177 Å². The lowest BCUT2D eigenvalue weighted by Gasteiger charge is -2.34. The van der Waals surface area contributed by atoms with Crippen LogP contribution in [0.5, 0.6) is 0 Å². The summed E-state index contributed by atoms with van der Waals surface area (Å²) in [5.74, 6) is 0.0834. The lowest BCUT2D eigenvalue weighted by atomic mass is 9.95. The Kier molecular flexibility index (Phi) is 5.12. The Balaban J connectivity index is 1.86. The number of carbonyl (C=O) groups excluding carboxylic acids is 1. The molecule has 0 aliphatic carbocycles. The van der Waals surface area contributed by atoms with Gasteiger partial charge in [-0.15, -0.1) is 0 Å². The molecule has 0 radical (unpaired) electrons. The van der Waals surface area contributed by atoms with E-state index in [-0.39, 0.29) is 17.8 Å². The van der Waals surface area contributed by atoms with Crippen LogP contribution < -0.4 is 0 Å². The number of aryl methyl sites for hydroxylation is 1. The summed E-state index contributed by atoms with van der Waals surface area (Å²) in [6, 6.07) is 6.21. The Morgan fingerprint density at radius 1 is 1.19 bits per heavy atom. The molecule has 31 heavy (non-hydrogen) atoms. The fraction of sp³-hybridized carbons (Fsp3) is 0.273. The number of fused-ring (bicyclic) bond motifs is 1. The average molecular weight is 427 g/mol. The Morgan fingerprint density at radius 2 is 1.90 bits per heavy atom. The summed E-state index contributed by atoms with van der Waals surface area (Å²) in [4.78, 5) is 23.3. The molecular formula is C22H20F3N5O. The highest BCUT2D eigenvalue weighted by Gasteiger charge is 2.32. The van der Waals surface area contributed by atoms with Crippen LogP contribution in [0.3, 0.4) is 0 Å². The maximum Gasteiger partial charge on any atom is 0.416 e. The minimum Gasteiger partial charge on any atom is -0.331 e. The highest BCUT2D eigenvalue weighted by atomic mass is 19.4. The molecule has 1 amide bonds. The fourth-order valence-electron chi connectivity index (χ4n) is 3.78. The number of hydrogen-bond donors (Lipinski definition) is 0. The molecule has 1 aromatic carbocycles. The Bertz CT molecular complexity index is 1150. The molecule has 1 unspecified atom stereocenters. The molecule has 2 aromatic heterocycles. The van der Waals surface area contributed by atoms with Gasteiger partial charge in [0.25, 0.3) is 0 Å². The van der Waals surface area contributed by atoms with Crippen molar-refractivity contribution in [3.05, 3.63) is 66.0 Å². The molecule has 1 atom stereocenters. The number of aromatic nitrogens is 4. The van der Waals surface area contributed by atoms with Crippen molar-refractivity contribution in [2.24, 2.45) is 7.05 Å². The summed E-state index contributed by atoms with van der Waals surface area (Å²) in [6.07, 6.45) is -0.826. The number of amides is 1. The quantitative estimate of drug-likeness (QED) is 0.588. The van der Waals surface area contributed by atoms with Crippen molar-refractivity contribution in [2.45, 2.75) is 25.6 Å². The third-order valence-corrected chi connectivity index (χ3v) is 5.39. The summed E-state index contributed by atoms with van der Waals surface area (Å²) >= 11 is 0. The number of rotatable bonds is 3. The van der Waals surface area contributed by atoms with Gasteiger partial charge in [0.05, 0.1) is 23.0 Å². The number of benzene rings is 1. The van der Waals surface area contributed by atoms with E-state index in [0.29, 0.717) is 35.6 Å². The van der Waals surface area contributed by atoms with Gasteiger partial charge in [-0.05, 0) is 37.6 Å². The summed E-state index contributed by atoms with van der Waals surface area (Å²) < 4.78 is 40.5. The van der Waals surface area contributed by atoms with Gasteiger partial charge in [-0.2, -0.15) is 18.3 Å². The molecule has 0 fully saturated rings. The van der Waals surface area contributed by atoms with Crippen molar-refractivity contribution in [3.8, 4) is 22.8 Å². The fourth-order valence-corrected chi connectivity index (χ4v) is 3.78. The largest absolute Gasteiger partial charge is 0.416 e. The van der Waals surface area contributed by atoms with Crippen LogP contribution in [0.15, 0.2) is 49.2 Å². The van der Waals surface area contributed by atoms with Crippen LogP contribution in [0.1, 0.15) is 29.8 Å². The van der Waals surface area contributed by atoms with Gasteiger partial charge < -0.3 is 4.90 Å². The standard InChI is InChI=1S/C22H20F3N5O/c1-4-18(31)30-12-9-16-19(13(30)2)26-21(27-20(16)17-10-11-29(3)28-17)14-5-7-15(8-6-14)22(23,24)25/h4-8,10-11,13H,1,9,12H2,2-3H3. The first kappa shape index (κ1) is 20.8. The van der Waals surface area contributed by atoms with Gasteiger partial charge in [-0.3, -0.25) is 9.48 Å². The first-order valence-corrected chi connectivity index (χ1v) is 9.70. The van der Waals surface area contributed by atoms with Gasteiger partial charge in [0.15, 0.2) is 5.82 Å². The second-order valence-corrected chi connectivity index (χ2v) is 7.37. The van der Waals surface area contributed by atoms with E-state index < -0.39 is 11.7 Å². The van der Waals surface area contributed by atoms with Gasteiger partial charge in [0.2, 0.25) is 5.91 Å². The topological polar surface area (TPSA) is 63.9 Å². The smallest absolute Gasteiger partial charge is 0.331 e. The van der Waals surface area contributed by atoms with E-state index in [2.05, 4.69) is 21.6 Å². The van der Waals surface area contributed by atoms with Crippen LogP contribution in [0.25, 0.3) is 22.8 Å². The maximum absolute atomic E-state index is 13.0. The SMILES string of the molecule is C=CC(=O)N1CCc2c(-c3ccn(C)n3)nc(-c3ccc(C(F)(F)F)cc3)nc2C1C. The molecule has 9 heteroatoms. The summed E-state index contributed by atoms with van der Waals surface area (Å²) in [6.45, 7) is 5.91. The third kappa shape index (κ3) is 3.83. The highest BCUT2D eigenvalue weighted by Crippen LogP contribution is 2.36. The molecule has 3 heterocycles. The van der Waals surface area contributed by atoms with E-state index in [1.165, 1.54) is 18.2 Å². The monoisotopic (exact) mass is 427 g/mol. The van der Waals surface area contributed by atoms with Crippen molar-refractivity contribution in [1.29, 1.82) is 0 Å². The second-order valence-electron chi connectivity index (χ2n) is 7.37. The van der Waals surface area contributed by atoms with Crippen molar-refractivity contribution in [1.82, 2.24) is 24.6 Å². The van der Waals surface area contributed by atoms with Crippen molar-refractivity contribution in [3.63, 3.8) is 0 Å². The zero-order chi connectivity index (χ0) is 22.3. The first-order valence-electron chi connectivity index (χ1n) is 9.70. The normalized spacial score (nSPS) is 16.2. The zero-order valence-electron chi connectivity index (χ0n) is 17.0. The van der Waals surface area contributed by atoms with Crippen LogP contribution in [0.2, 0.25) is 0 Å². The minimum absolute atomic E-state index is 0.202. The van der Waals surface area contributed by atoms with Gasteiger partial charge >= 0.3 is 6.18 Å². The van der Waals surface area contributed by atoms with Crippen LogP contribution >= 0.6 is 0 Å². The van der Waals surface area contributed by atoms with E-state index >= 15 is 0 Å². The second kappa shape index (κ2) is 7.64. The summed E-state index contributed by atoms with van der Waals surface area (Å²) in [7, 11) is 1.79. The Morgan fingerprint density at radius 3 is 2.48 bits per heavy atom. The minimum atomic E-state index is -4.42. The molecule has 160 valence electrons. The van der Waals surface area contributed by atoms with E-state index in [4.69, 9.17) is 0 Å². The number of alkyl halides is 3. The molecule has 6 nitrogen and oxygen atoms in total. The summed E-state index contributed by atoms with van der Waals surface area (Å²) in [5, 5.41) is 4.45. The van der Waals surface area contributed by atoms with Gasteiger partial charge in [0.1, 0.15) is 5.69 Å². The predicted molar refractivity (Wildman–Crippen MR) is 109 cm³/mol. The zero-order valence-corrected chi connectivity index (χ0v) is 17.0. The van der Waals surface area contributed by atoms with Crippen LogP contribution in [-0.4, -0.2) is 37.1 Å². The molecule has 3 aromatic rings. The molecule has 0 saturated heterocycles. The van der Waals surface area contributed by atoms with Crippen molar-refractivity contribution >= 4 is 5.91 Å². The molecular weight excluding hydrogens is 407 g/mol. The molecule has 0 N–H and O–H groups in total. The lowest BCUT2D eigenvalue weighted by molar-refractivity contribution is -0.137. The first-order chi connectivity index (χ1) is 14.7. The van der Waals surface area contributed by atoms with Crippen LogP contribution in [-0.2, 0) is 24.4 Å². The molecule has 0 bridgehead atoms. The number of nitrogens with zero attached hydrogens (tertiary/aromatic N) is 5. The third-order valence-electron chi connectivity index (χ3n) is 5.39. The van der Waals surface area contributed by atoms with Crippen molar-refractivity contribution < 1.29 is 18.0 Å². The van der Waals surface area contributed by atoms with E-state index in [1.807, 2.05) is 13.0 Å². The van der Waals surface area contributed by atoms with E-state index in [1.54, 1.807) is 22.8 Å². The summed E-state index contributed by atoms with van der Waals surface area (Å²) in [5.41, 5.74) is 2.52. The number of hydrogen-bond acceptors (Lipinski definition) is 4. The molecule has 4 rings (SSSR count). The molecule has 0 spiro atoms. The van der Waals surface area contributed by atoms with E-state index in [9.17, 15) is 18.0 Å². The molecule has 0 saturated carbocycles. The van der Waals surface area contributed by atoms with Gasteiger partial charge in [-0.25, -0.2) is 9.97 Å². The maximum atomic E-state index is 13.0. The molecule has 1 aliphatic rings. The van der Waals surface area contributed by atoms with Crippen LogP contribution in [0.4, 0.5) is 13.2 Å². The predicted octanol–water partition coefficient (Wildman–Crippen LogP) is 4.19. The Hall–Kier alpha value is -3.49. The van der Waals surface area contributed by atoms with Crippen molar-refractivity contribution in [2.75, 3.05) is 6.54 Å². The average Bonchev–Trinajstić information content (AvgIpc) is 3.18. The van der Waals surface area contributed by atoms with Gasteiger partial charge in [-0.1, -0.05) is 18.7 Å². The van der Waals surface area contributed by atoms with Crippen LogP contribution in [0, 0.1) is 0 Å². The number of halogens is 3. The number of carbonyl (C=O) groups is 1. The lowest BCUT2D eigenvalue weighted by Crippen LogP contribution is -2.38.